The molecular formula is C16H15FN2O3. The Bertz CT molecular complexity index is 655. The van der Waals surface area contributed by atoms with Crippen LogP contribution in [0.25, 0.3) is 0 Å². The second kappa shape index (κ2) is 6.53. The van der Waals surface area contributed by atoms with E-state index in [9.17, 15) is 9.18 Å². The number of pyridine rings is 1. The second-order valence-electron chi connectivity index (χ2n) is 4.92. The number of halogens is 1. The molecule has 22 heavy (non-hydrogen) atoms. The van der Waals surface area contributed by atoms with Crippen molar-refractivity contribution in [1.29, 1.82) is 0 Å². The normalized spacial score (nSPS) is 17.2. The molecule has 2 aromatic rings. The summed E-state index contributed by atoms with van der Waals surface area (Å²) >= 11 is 0. The molecule has 2 heterocycles. The fraction of sp³-hybridized carbons (Fsp3) is 0.250. The van der Waals surface area contributed by atoms with Crippen LogP contribution in [-0.2, 0) is 4.74 Å². The van der Waals surface area contributed by atoms with Gasteiger partial charge in [0.2, 0.25) is 5.88 Å². The summed E-state index contributed by atoms with van der Waals surface area (Å²) < 4.78 is 24.3. The van der Waals surface area contributed by atoms with Crippen LogP contribution in [0.4, 0.5) is 10.1 Å². The number of rotatable bonds is 4. The van der Waals surface area contributed by atoms with Crippen molar-refractivity contribution in [1.82, 2.24) is 4.98 Å². The molecule has 3 rings (SSSR count). The standard InChI is InChI=1S/C16H15FN2O3/c17-13-3-1-2-4-14(13)19-16(20)11-5-6-15(18-9-11)22-12-7-8-21-10-12/h1-6,9,12H,7-8,10H2,(H,19,20). The zero-order chi connectivity index (χ0) is 15.4. The van der Waals surface area contributed by atoms with Gasteiger partial charge < -0.3 is 14.8 Å². The molecule has 0 saturated carbocycles. The van der Waals surface area contributed by atoms with Gasteiger partial charge in [0.1, 0.15) is 11.9 Å². The number of hydrogen-bond acceptors (Lipinski definition) is 4. The SMILES string of the molecule is O=C(Nc1ccccc1F)c1ccc(OC2CCOC2)nc1. The third kappa shape index (κ3) is 3.40. The predicted octanol–water partition coefficient (Wildman–Crippen LogP) is 2.64. The summed E-state index contributed by atoms with van der Waals surface area (Å²) in [6.07, 6.45) is 2.24. The highest BCUT2D eigenvalue weighted by Crippen LogP contribution is 2.17. The first-order valence-corrected chi connectivity index (χ1v) is 6.99. The van der Waals surface area contributed by atoms with E-state index in [1.165, 1.54) is 18.3 Å². The highest BCUT2D eigenvalue weighted by atomic mass is 19.1. The van der Waals surface area contributed by atoms with Gasteiger partial charge in [-0.2, -0.15) is 0 Å². The summed E-state index contributed by atoms with van der Waals surface area (Å²) in [6.45, 7) is 1.24. The van der Waals surface area contributed by atoms with Gasteiger partial charge in [0, 0.05) is 18.7 Å². The average molecular weight is 302 g/mol. The molecule has 1 fully saturated rings. The minimum atomic E-state index is -0.481. The Morgan fingerprint density at radius 3 is 2.86 bits per heavy atom. The Balaban J connectivity index is 1.64. The molecule has 0 aliphatic carbocycles. The molecule has 1 unspecified atom stereocenters. The average Bonchev–Trinajstić information content (AvgIpc) is 3.03. The maximum atomic E-state index is 13.5. The Morgan fingerprint density at radius 1 is 1.32 bits per heavy atom. The Labute approximate surface area is 127 Å². The van der Waals surface area contributed by atoms with Crippen molar-refractivity contribution in [2.75, 3.05) is 18.5 Å². The number of amides is 1. The summed E-state index contributed by atoms with van der Waals surface area (Å²) in [7, 11) is 0. The minimum absolute atomic E-state index is 0.00518. The lowest BCUT2D eigenvalue weighted by Gasteiger charge is -2.11. The summed E-state index contributed by atoms with van der Waals surface area (Å²) in [5.74, 6) is -0.462. The molecule has 1 saturated heterocycles. The van der Waals surface area contributed by atoms with Crippen LogP contribution in [0, 0.1) is 5.82 Å². The van der Waals surface area contributed by atoms with E-state index < -0.39 is 11.7 Å². The minimum Gasteiger partial charge on any atom is -0.472 e. The van der Waals surface area contributed by atoms with Gasteiger partial charge in [0.15, 0.2) is 0 Å². The molecule has 6 heteroatoms. The molecule has 5 nitrogen and oxygen atoms in total. The van der Waals surface area contributed by atoms with Crippen molar-refractivity contribution in [3.05, 3.63) is 54.0 Å². The molecule has 1 aliphatic heterocycles. The van der Waals surface area contributed by atoms with Crippen LogP contribution < -0.4 is 10.1 Å². The van der Waals surface area contributed by atoms with Gasteiger partial charge in [-0.15, -0.1) is 0 Å². The first kappa shape index (κ1) is 14.5. The third-order valence-electron chi connectivity index (χ3n) is 3.30. The lowest BCUT2D eigenvalue weighted by Crippen LogP contribution is -2.17. The summed E-state index contributed by atoms with van der Waals surface area (Å²) in [5.41, 5.74) is 0.467. The van der Waals surface area contributed by atoms with Crippen LogP contribution >= 0.6 is 0 Å². The first-order chi connectivity index (χ1) is 10.7. The number of hydrogen-bond donors (Lipinski definition) is 1. The molecule has 1 aliphatic rings. The fourth-order valence-electron chi connectivity index (χ4n) is 2.12. The van der Waals surface area contributed by atoms with E-state index in [1.807, 2.05) is 0 Å². The van der Waals surface area contributed by atoms with Crippen molar-refractivity contribution in [3.8, 4) is 5.88 Å². The highest BCUT2D eigenvalue weighted by molar-refractivity contribution is 6.04. The summed E-state index contributed by atoms with van der Waals surface area (Å²) in [4.78, 5) is 16.1. The second-order valence-corrected chi connectivity index (χ2v) is 4.92. The molecule has 1 aromatic heterocycles. The number of anilines is 1. The number of para-hydroxylation sites is 1. The number of carbonyl (C=O) groups excluding carboxylic acids is 1. The Morgan fingerprint density at radius 2 is 2.18 bits per heavy atom. The van der Waals surface area contributed by atoms with Gasteiger partial charge in [-0.1, -0.05) is 12.1 Å². The van der Waals surface area contributed by atoms with Gasteiger partial charge in [-0.05, 0) is 18.2 Å². The number of nitrogens with one attached hydrogen (secondary N) is 1. The van der Waals surface area contributed by atoms with Crippen LogP contribution in [0.3, 0.4) is 0 Å². The van der Waals surface area contributed by atoms with Crippen LogP contribution in [0.5, 0.6) is 5.88 Å². The summed E-state index contributed by atoms with van der Waals surface area (Å²) in [5, 5.41) is 2.50. The van der Waals surface area contributed by atoms with Crippen LogP contribution in [0.2, 0.25) is 0 Å². The van der Waals surface area contributed by atoms with Crippen molar-refractivity contribution in [2.45, 2.75) is 12.5 Å². The number of ether oxygens (including phenoxy) is 2. The molecule has 114 valence electrons. The molecule has 0 radical (unpaired) electrons. The van der Waals surface area contributed by atoms with E-state index in [0.717, 1.165) is 6.42 Å². The zero-order valence-electron chi connectivity index (χ0n) is 11.8. The van der Waals surface area contributed by atoms with E-state index in [0.29, 0.717) is 24.7 Å². The smallest absolute Gasteiger partial charge is 0.257 e. The molecule has 0 spiro atoms. The number of aromatic nitrogens is 1. The lowest BCUT2D eigenvalue weighted by molar-refractivity contribution is 0.102. The van der Waals surface area contributed by atoms with Gasteiger partial charge in [-0.3, -0.25) is 4.79 Å². The van der Waals surface area contributed by atoms with E-state index in [4.69, 9.17) is 9.47 Å². The van der Waals surface area contributed by atoms with Crippen molar-refractivity contribution < 1.29 is 18.7 Å². The van der Waals surface area contributed by atoms with E-state index in [-0.39, 0.29) is 11.8 Å². The fourth-order valence-corrected chi connectivity index (χ4v) is 2.12. The van der Waals surface area contributed by atoms with Crippen molar-refractivity contribution in [3.63, 3.8) is 0 Å². The maximum absolute atomic E-state index is 13.5. The Kier molecular flexibility index (Phi) is 4.29. The molecule has 1 amide bonds. The maximum Gasteiger partial charge on any atom is 0.257 e. The molecule has 0 bridgehead atoms. The van der Waals surface area contributed by atoms with Crippen molar-refractivity contribution >= 4 is 11.6 Å². The third-order valence-corrected chi connectivity index (χ3v) is 3.30. The first-order valence-electron chi connectivity index (χ1n) is 6.99. The van der Waals surface area contributed by atoms with Gasteiger partial charge in [0.25, 0.3) is 5.91 Å². The molecular weight excluding hydrogens is 287 g/mol. The number of nitrogens with zero attached hydrogens (tertiary/aromatic N) is 1. The summed E-state index contributed by atoms with van der Waals surface area (Å²) in [6, 6.07) is 9.21. The predicted molar refractivity (Wildman–Crippen MR) is 78.4 cm³/mol. The lowest BCUT2D eigenvalue weighted by atomic mass is 10.2. The number of carbonyl (C=O) groups is 1. The van der Waals surface area contributed by atoms with E-state index >= 15 is 0 Å². The zero-order valence-corrected chi connectivity index (χ0v) is 11.8. The monoisotopic (exact) mass is 302 g/mol. The van der Waals surface area contributed by atoms with Gasteiger partial charge in [-0.25, -0.2) is 9.37 Å². The molecule has 1 aromatic carbocycles. The van der Waals surface area contributed by atoms with Gasteiger partial charge >= 0.3 is 0 Å². The van der Waals surface area contributed by atoms with Crippen LogP contribution in [0.1, 0.15) is 16.8 Å². The van der Waals surface area contributed by atoms with E-state index in [2.05, 4.69) is 10.3 Å². The Hall–Kier alpha value is -2.47. The molecule has 1 N–H and O–H groups in total. The van der Waals surface area contributed by atoms with Crippen molar-refractivity contribution in [2.24, 2.45) is 0 Å². The van der Waals surface area contributed by atoms with Crippen LogP contribution in [-0.4, -0.2) is 30.2 Å². The topological polar surface area (TPSA) is 60.5 Å². The van der Waals surface area contributed by atoms with Gasteiger partial charge in [0.05, 0.1) is 24.5 Å². The van der Waals surface area contributed by atoms with Crippen LogP contribution in [0.15, 0.2) is 42.6 Å². The molecule has 1 atom stereocenters. The largest absolute Gasteiger partial charge is 0.472 e. The number of benzene rings is 1. The van der Waals surface area contributed by atoms with E-state index in [1.54, 1.807) is 24.3 Å². The highest BCUT2D eigenvalue weighted by Gasteiger charge is 2.18. The quantitative estimate of drug-likeness (QED) is 0.943.